The molecule has 0 spiro atoms. The average molecular weight is 402 g/mol. The number of nitrogens with zero attached hydrogens (tertiary/aromatic N) is 4. The third kappa shape index (κ3) is 4.64. The fourth-order valence-corrected chi connectivity index (χ4v) is 3.80. The van der Waals surface area contributed by atoms with Crippen molar-refractivity contribution in [1.29, 1.82) is 0 Å². The summed E-state index contributed by atoms with van der Waals surface area (Å²) >= 11 is 0. The number of pyridine rings is 1. The van der Waals surface area contributed by atoms with Gasteiger partial charge in [-0.25, -0.2) is 9.97 Å². The zero-order valence-corrected chi connectivity index (χ0v) is 17.5. The molecule has 0 radical (unpaired) electrons. The lowest BCUT2D eigenvalue weighted by Gasteiger charge is -2.33. The average Bonchev–Trinajstić information content (AvgIpc) is 2.79. The Morgan fingerprint density at radius 3 is 2.70 bits per heavy atom. The standard InChI is InChI=1S/C24H27N5O/c1-17(2)24(30)29-13-7-9-19(16-29)23-27-21(18-8-6-12-25-15-18)14-22(28-23)26-20-10-4-3-5-11-20/h3-6,8,10-12,14-15,17,19H,7,9,13,16H2,1-2H3,(H,26,27,28). The lowest BCUT2D eigenvalue weighted by Crippen LogP contribution is -2.41. The Bertz CT molecular complexity index is 991. The molecule has 3 aromatic rings. The molecular formula is C24H27N5O. The molecule has 1 aromatic carbocycles. The highest BCUT2D eigenvalue weighted by molar-refractivity contribution is 5.78. The lowest BCUT2D eigenvalue weighted by atomic mass is 9.96. The summed E-state index contributed by atoms with van der Waals surface area (Å²) in [6.07, 6.45) is 5.51. The minimum atomic E-state index is 0.00158. The molecule has 0 bridgehead atoms. The van der Waals surface area contributed by atoms with Gasteiger partial charge >= 0.3 is 0 Å². The quantitative estimate of drug-likeness (QED) is 0.674. The third-order valence-corrected chi connectivity index (χ3v) is 5.34. The molecule has 1 atom stereocenters. The number of aromatic nitrogens is 3. The molecule has 1 amide bonds. The van der Waals surface area contributed by atoms with Gasteiger partial charge in [0, 0.05) is 54.6 Å². The van der Waals surface area contributed by atoms with Gasteiger partial charge in [0.05, 0.1) is 5.69 Å². The van der Waals surface area contributed by atoms with Gasteiger partial charge in [0.2, 0.25) is 5.91 Å². The number of hydrogen-bond donors (Lipinski definition) is 1. The number of anilines is 2. The van der Waals surface area contributed by atoms with Crippen LogP contribution in [0.1, 0.15) is 38.4 Å². The van der Waals surface area contributed by atoms with Crippen LogP contribution in [0.2, 0.25) is 0 Å². The molecule has 3 heterocycles. The molecule has 6 heteroatoms. The highest BCUT2D eigenvalue weighted by atomic mass is 16.2. The van der Waals surface area contributed by atoms with Gasteiger partial charge in [-0.3, -0.25) is 9.78 Å². The molecule has 1 saturated heterocycles. The molecule has 1 N–H and O–H groups in total. The Labute approximate surface area is 177 Å². The van der Waals surface area contributed by atoms with Crippen molar-refractivity contribution in [3.8, 4) is 11.3 Å². The Kier molecular flexibility index (Phi) is 6.02. The van der Waals surface area contributed by atoms with Gasteiger partial charge < -0.3 is 10.2 Å². The summed E-state index contributed by atoms with van der Waals surface area (Å²) in [5.41, 5.74) is 2.75. The number of benzene rings is 1. The normalized spacial score (nSPS) is 16.5. The second-order valence-electron chi connectivity index (χ2n) is 8.01. The topological polar surface area (TPSA) is 71.0 Å². The fourth-order valence-electron chi connectivity index (χ4n) is 3.80. The SMILES string of the molecule is CC(C)C(=O)N1CCCC(c2nc(Nc3ccccc3)cc(-c3cccnc3)n2)C1. The van der Waals surface area contributed by atoms with E-state index in [2.05, 4.69) is 10.3 Å². The number of para-hydroxylation sites is 1. The number of piperidine rings is 1. The number of likely N-dealkylation sites (tertiary alicyclic amines) is 1. The number of hydrogen-bond acceptors (Lipinski definition) is 5. The first-order valence-electron chi connectivity index (χ1n) is 10.5. The van der Waals surface area contributed by atoms with E-state index >= 15 is 0 Å². The van der Waals surface area contributed by atoms with E-state index in [0.717, 1.165) is 48.0 Å². The molecule has 4 rings (SSSR count). The molecular weight excluding hydrogens is 374 g/mol. The zero-order chi connectivity index (χ0) is 20.9. The Morgan fingerprint density at radius 2 is 1.97 bits per heavy atom. The summed E-state index contributed by atoms with van der Waals surface area (Å²) in [4.78, 5) is 28.4. The third-order valence-electron chi connectivity index (χ3n) is 5.34. The summed E-state index contributed by atoms with van der Waals surface area (Å²) in [6, 6.07) is 15.8. The van der Waals surface area contributed by atoms with E-state index in [1.165, 1.54) is 0 Å². The molecule has 0 saturated carbocycles. The summed E-state index contributed by atoms with van der Waals surface area (Å²) in [7, 11) is 0. The van der Waals surface area contributed by atoms with Gasteiger partial charge in [0.25, 0.3) is 0 Å². The lowest BCUT2D eigenvalue weighted by molar-refractivity contribution is -0.135. The highest BCUT2D eigenvalue weighted by Gasteiger charge is 2.28. The second kappa shape index (κ2) is 9.03. The van der Waals surface area contributed by atoms with E-state index in [1.807, 2.05) is 73.5 Å². The van der Waals surface area contributed by atoms with E-state index in [9.17, 15) is 4.79 Å². The van der Waals surface area contributed by atoms with Crippen molar-refractivity contribution in [3.05, 3.63) is 66.7 Å². The van der Waals surface area contributed by atoms with Crippen LogP contribution < -0.4 is 5.32 Å². The van der Waals surface area contributed by atoms with E-state index in [1.54, 1.807) is 6.20 Å². The smallest absolute Gasteiger partial charge is 0.225 e. The minimum Gasteiger partial charge on any atom is -0.342 e. The Morgan fingerprint density at radius 1 is 1.13 bits per heavy atom. The van der Waals surface area contributed by atoms with Gasteiger partial charge in [-0.05, 0) is 37.1 Å². The summed E-state index contributed by atoms with van der Waals surface area (Å²) in [5, 5.41) is 3.39. The van der Waals surface area contributed by atoms with Crippen LogP contribution in [-0.4, -0.2) is 38.8 Å². The van der Waals surface area contributed by atoms with Gasteiger partial charge in [0.1, 0.15) is 11.6 Å². The van der Waals surface area contributed by atoms with Crippen LogP contribution in [0.25, 0.3) is 11.3 Å². The summed E-state index contributed by atoms with van der Waals surface area (Å²) < 4.78 is 0. The van der Waals surface area contributed by atoms with Gasteiger partial charge in [-0.2, -0.15) is 0 Å². The van der Waals surface area contributed by atoms with Crippen LogP contribution in [0.15, 0.2) is 60.9 Å². The molecule has 6 nitrogen and oxygen atoms in total. The van der Waals surface area contributed by atoms with Crippen LogP contribution in [0.4, 0.5) is 11.5 Å². The van der Waals surface area contributed by atoms with Crippen LogP contribution in [0, 0.1) is 5.92 Å². The molecule has 1 unspecified atom stereocenters. The maximum Gasteiger partial charge on any atom is 0.225 e. The maximum atomic E-state index is 12.5. The van der Waals surface area contributed by atoms with E-state index in [0.29, 0.717) is 6.54 Å². The molecule has 1 aliphatic rings. The summed E-state index contributed by atoms with van der Waals surface area (Å²) in [5.74, 6) is 1.84. The molecule has 2 aromatic heterocycles. The Balaban J connectivity index is 1.67. The van der Waals surface area contributed by atoms with E-state index in [4.69, 9.17) is 9.97 Å². The Hall–Kier alpha value is -3.28. The number of nitrogens with one attached hydrogen (secondary N) is 1. The van der Waals surface area contributed by atoms with Crippen molar-refractivity contribution >= 4 is 17.4 Å². The predicted molar refractivity (Wildman–Crippen MR) is 118 cm³/mol. The highest BCUT2D eigenvalue weighted by Crippen LogP contribution is 2.29. The minimum absolute atomic E-state index is 0.00158. The van der Waals surface area contributed by atoms with Crippen LogP contribution >= 0.6 is 0 Å². The first kappa shape index (κ1) is 20.0. The summed E-state index contributed by atoms with van der Waals surface area (Å²) in [6.45, 7) is 5.38. The molecule has 0 aliphatic carbocycles. The monoisotopic (exact) mass is 401 g/mol. The zero-order valence-electron chi connectivity index (χ0n) is 17.5. The van der Waals surface area contributed by atoms with Crippen molar-refractivity contribution in [1.82, 2.24) is 19.9 Å². The first-order chi connectivity index (χ1) is 14.6. The number of amides is 1. The number of carbonyl (C=O) groups excluding carboxylic acids is 1. The van der Waals surface area contributed by atoms with E-state index in [-0.39, 0.29) is 17.7 Å². The van der Waals surface area contributed by atoms with Gasteiger partial charge in [-0.15, -0.1) is 0 Å². The van der Waals surface area contributed by atoms with Crippen molar-refractivity contribution in [2.45, 2.75) is 32.6 Å². The van der Waals surface area contributed by atoms with Crippen LogP contribution in [0.5, 0.6) is 0 Å². The van der Waals surface area contributed by atoms with Crippen molar-refractivity contribution in [2.75, 3.05) is 18.4 Å². The van der Waals surface area contributed by atoms with E-state index < -0.39 is 0 Å². The largest absolute Gasteiger partial charge is 0.342 e. The van der Waals surface area contributed by atoms with Gasteiger partial charge in [-0.1, -0.05) is 32.0 Å². The molecule has 1 aliphatic heterocycles. The molecule has 30 heavy (non-hydrogen) atoms. The van der Waals surface area contributed by atoms with Gasteiger partial charge in [0.15, 0.2) is 0 Å². The number of carbonyl (C=O) groups is 1. The first-order valence-corrected chi connectivity index (χ1v) is 10.5. The maximum absolute atomic E-state index is 12.5. The predicted octanol–water partition coefficient (Wildman–Crippen LogP) is 4.64. The van der Waals surface area contributed by atoms with Crippen molar-refractivity contribution < 1.29 is 4.79 Å². The van der Waals surface area contributed by atoms with Crippen molar-refractivity contribution in [2.24, 2.45) is 5.92 Å². The molecule has 154 valence electrons. The molecule has 1 fully saturated rings. The fraction of sp³-hybridized carbons (Fsp3) is 0.333. The van der Waals surface area contributed by atoms with Crippen LogP contribution in [-0.2, 0) is 4.79 Å². The second-order valence-corrected chi connectivity index (χ2v) is 8.01. The number of rotatable bonds is 5. The van der Waals surface area contributed by atoms with Crippen molar-refractivity contribution in [3.63, 3.8) is 0 Å². The van der Waals surface area contributed by atoms with Crippen LogP contribution in [0.3, 0.4) is 0 Å².